The van der Waals surface area contributed by atoms with Crippen LogP contribution in [0.3, 0.4) is 0 Å². The molecule has 1 saturated heterocycles. The number of nitrogens with zero attached hydrogens (tertiary/aromatic N) is 2. The molecule has 0 saturated carbocycles. The van der Waals surface area contributed by atoms with Gasteiger partial charge in [0, 0.05) is 12.6 Å². The molecule has 1 atom stereocenters. The summed E-state index contributed by atoms with van der Waals surface area (Å²) >= 11 is 0. The highest BCUT2D eigenvalue weighted by Gasteiger charge is 2.21. The summed E-state index contributed by atoms with van der Waals surface area (Å²) in [6, 6.07) is 11.7. The second-order valence-corrected chi connectivity index (χ2v) is 5.85. The highest BCUT2D eigenvalue weighted by molar-refractivity contribution is 5.85. The van der Waals surface area contributed by atoms with Crippen molar-refractivity contribution in [3.05, 3.63) is 42.1 Å². The van der Waals surface area contributed by atoms with Gasteiger partial charge in [0.15, 0.2) is 0 Å². The number of benzene rings is 1. The number of aromatic nitrogens is 2. The number of anilines is 1. The third-order valence-electron chi connectivity index (χ3n) is 4.07. The lowest BCUT2D eigenvalue weighted by molar-refractivity contribution is -0.122. The zero-order valence-electron chi connectivity index (χ0n) is 14.0. The quantitative estimate of drug-likeness (QED) is 0.664. The average Bonchev–Trinajstić information content (AvgIpc) is 3.22. The van der Waals surface area contributed by atoms with Crippen LogP contribution >= 0.6 is 24.8 Å². The molecule has 0 radical (unpaired) electrons. The van der Waals surface area contributed by atoms with Gasteiger partial charge in [-0.3, -0.25) is 4.79 Å². The zero-order chi connectivity index (χ0) is 16.1. The normalized spacial score (nSPS) is 15.9. The number of nitrogens with one attached hydrogen (secondary N) is 2. The van der Waals surface area contributed by atoms with E-state index in [1.807, 2.05) is 36.4 Å². The van der Waals surface area contributed by atoms with Crippen molar-refractivity contribution in [1.29, 1.82) is 0 Å². The molecule has 1 amide bonds. The van der Waals surface area contributed by atoms with Crippen molar-refractivity contribution < 1.29 is 4.79 Å². The van der Waals surface area contributed by atoms with E-state index >= 15 is 0 Å². The van der Waals surface area contributed by atoms with Crippen LogP contribution in [0.25, 0.3) is 5.69 Å². The Bertz CT molecular complexity index is 656. The summed E-state index contributed by atoms with van der Waals surface area (Å²) in [7, 11) is 0. The van der Waals surface area contributed by atoms with E-state index in [0.29, 0.717) is 12.4 Å². The van der Waals surface area contributed by atoms with E-state index in [2.05, 4.69) is 15.7 Å². The highest BCUT2D eigenvalue weighted by Crippen LogP contribution is 2.15. The number of amides is 1. The van der Waals surface area contributed by atoms with Gasteiger partial charge in [-0.05, 0) is 44.4 Å². The van der Waals surface area contributed by atoms with Crippen LogP contribution < -0.4 is 16.4 Å². The van der Waals surface area contributed by atoms with Gasteiger partial charge in [-0.2, -0.15) is 5.10 Å². The van der Waals surface area contributed by atoms with E-state index in [9.17, 15) is 4.79 Å². The lowest BCUT2D eigenvalue weighted by atomic mass is 10.2. The summed E-state index contributed by atoms with van der Waals surface area (Å²) < 4.78 is 1.75. The summed E-state index contributed by atoms with van der Waals surface area (Å²) in [5, 5.41) is 10.7. The van der Waals surface area contributed by atoms with Crippen LogP contribution in [0.15, 0.2) is 36.4 Å². The minimum absolute atomic E-state index is 0. The first kappa shape index (κ1) is 21.3. The molecule has 2 heterocycles. The Hall–Kier alpha value is -1.76. The van der Waals surface area contributed by atoms with Crippen LogP contribution in [-0.4, -0.2) is 34.8 Å². The lowest BCUT2D eigenvalue weighted by Crippen LogP contribution is -2.40. The molecule has 4 N–H and O–H groups in total. The molecule has 1 aliphatic rings. The molecule has 8 heteroatoms. The van der Waals surface area contributed by atoms with Crippen LogP contribution in [0.4, 0.5) is 5.82 Å². The molecule has 1 fully saturated rings. The van der Waals surface area contributed by atoms with Crippen molar-refractivity contribution in [1.82, 2.24) is 20.4 Å². The molecular formula is C17H25Cl2N5O. The van der Waals surface area contributed by atoms with Gasteiger partial charge in [0.2, 0.25) is 5.91 Å². The highest BCUT2D eigenvalue weighted by atomic mass is 35.5. The van der Waals surface area contributed by atoms with E-state index < -0.39 is 0 Å². The first-order valence-electron chi connectivity index (χ1n) is 8.15. The monoisotopic (exact) mass is 385 g/mol. The summed E-state index contributed by atoms with van der Waals surface area (Å²) in [5.74, 6) is 0.738. The maximum absolute atomic E-state index is 11.9. The van der Waals surface area contributed by atoms with Gasteiger partial charge in [-0.15, -0.1) is 24.8 Å². The number of para-hydroxylation sites is 1. The molecule has 6 nitrogen and oxygen atoms in total. The number of hydrogen-bond donors (Lipinski definition) is 3. The van der Waals surface area contributed by atoms with E-state index in [1.54, 1.807) is 4.68 Å². The Morgan fingerprint density at radius 1 is 1.32 bits per heavy atom. The topological polar surface area (TPSA) is 85.0 Å². The van der Waals surface area contributed by atoms with Crippen LogP contribution in [0.5, 0.6) is 0 Å². The number of nitrogens with two attached hydrogens (primary N) is 1. The van der Waals surface area contributed by atoms with Gasteiger partial charge in [0.25, 0.3) is 0 Å². The minimum atomic E-state index is -0.0112. The number of aryl methyl sites for hydroxylation is 1. The Balaban J connectivity index is 0.00000156. The number of halogens is 2. The molecule has 2 aromatic rings. The van der Waals surface area contributed by atoms with Crippen LogP contribution in [0.2, 0.25) is 0 Å². The second kappa shape index (κ2) is 10.3. The van der Waals surface area contributed by atoms with Crippen molar-refractivity contribution >= 4 is 36.5 Å². The van der Waals surface area contributed by atoms with E-state index in [1.165, 1.54) is 0 Å². The molecule has 0 bridgehead atoms. The van der Waals surface area contributed by atoms with E-state index in [-0.39, 0.29) is 36.8 Å². The zero-order valence-corrected chi connectivity index (χ0v) is 15.6. The molecular weight excluding hydrogens is 361 g/mol. The molecule has 25 heavy (non-hydrogen) atoms. The first-order valence-corrected chi connectivity index (χ1v) is 8.15. The standard InChI is InChI=1S/C17H23N5O.2ClH/c18-16-12-13(21-22(16)14-7-2-1-3-8-14)6-4-11-20-17(23)15-9-5-10-19-15;;/h1-3,7-8,12,15,19H,4-6,9-11,18H2,(H,20,23);2*1H. The van der Waals surface area contributed by atoms with Crippen LogP contribution in [0.1, 0.15) is 25.0 Å². The van der Waals surface area contributed by atoms with Gasteiger partial charge >= 0.3 is 0 Å². The molecule has 1 unspecified atom stereocenters. The van der Waals surface area contributed by atoms with E-state index in [0.717, 1.165) is 43.6 Å². The third-order valence-corrected chi connectivity index (χ3v) is 4.07. The summed E-state index contributed by atoms with van der Waals surface area (Å²) in [4.78, 5) is 11.9. The Labute approximate surface area is 160 Å². The Morgan fingerprint density at radius 2 is 2.08 bits per heavy atom. The average molecular weight is 386 g/mol. The summed E-state index contributed by atoms with van der Waals surface area (Å²) in [6.07, 6.45) is 3.66. The number of hydrogen-bond acceptors (Lipinski definition) is 4. The maximum atomic E-state index is 11.9. The number of rotatable bonds is 6. The lowest BCUT2D eigenvalue weighted by Gasteiger charge is -2.10. The Morgan fingerprint density at radius 3 is 2.76 bits per heavy atom. The molecule has 0 spiro atoms. The Kier molecular flexibility index (Phi) is 8.75. The third kappa shape index (κ3) is 5.63. The van der Waals surface area contributed by atoms with Gasteiger partial charge in [0.1, 0.15) is 5.82 Å². The van der Waals surface area contributed by atoms with Crippen molar-refractivity contribution in [2.75, 3.05) is 18.8 Å². The SMILES string of the molecule is Cl.Cl.Nc1cc(CCCNC(=O)C2CCCN2)nn1-c1ccccc1. The number of carbonyl (C=O) groups is 1. The summed E-state index contributed by atoms with van der Waals surface area (Å²) in [6.45, 7) is 1.60. The number of nitrogen functional groups attached to an aromatic ring is 1. The smallest absolute Gasteiger partial charge is 0.237 e. The van der Waals surface area contributed by atoms with Crippen LogP contribution in [0, 0.1) is 0 Å². The van der Waals surface area contributed by atoms with Crippen molar-refractivity contribution in [3.63, 3.8) is 0 Å². The van der Waals surface area contributed by atoms with Crippen LogP contribution in [-0.2, 0) is 11.2 Å². The predicted molar refractivity (Wildman–Crippen MR) is 105 cm³/mol. The summed E-state index contributed by atoms with van der Waals surface area (Å²) in [5.41, 5.74) is 7.93. The minimum Gasteiger partial charge on any atom is -0.384 e. The molecule has 138 valence electrons. The van der Waals surface area contributed by atoms with Gasteiger partial charge in [-0.1, -0.05) is 18.2 Å². The number of carbonyl (C=O) groups excluding carboxylic acids is 1. The fourth-order valence-electron chi connectivity index (χ4n) is 2.86. The van der Waals surface area contributed by atoms with Crippen molar-refractivity contribution in [2.45, 2.75) is 31.7 Å². The second-order valence-electron chi connectivity index (χ2n) is 5.85. The van der Waals surface area contributed by atoms with Gasteiger partial charge < -0.3 is 16.4 Å². The van der Waals surface area contributed by atoms with Crippen molar-refractivity contribution in [2.24, 2.45) is 0 Å². The molecule has 1 aliphatic heterocycles. The molecule has 3 rings (SSSR count). The fourth-order valence-corrected chi connectivity index (χ4v) is 2.86. The maximum Gasteiger partial charge on any atom is 0.237 e. The predicted octanol–water partition coefficient (Wildman–Crippen LogP) is 2.10. The fraction of sp³-hybridized carbons (Fsp3) is 0.412. The first-order chi connectivity index (χ1) is 11.2. The van der Waals surface area contributed by atoms with Crippen molar-refractivity contribution in [3.8, 4) is 5.69 Å². The largest absolute Gasteiger partial charge is 0.384 e. The van der Waals surface area contributed by atoms with E-state index in [4.69, 9.17) is 5.73 Å². The molecule has 1 aromatic heterocycles. The molecule has 0 aliphatic carbocycles. The van der Waals surface area contributed by atoms with Gasteiger partial charge in [0.05, 0.1) is 17.4 Å². The molecule has 1 aromatic carbocycles. The van der Waals surface area contributed by atoms with Gasteiger partial charge in [-0.25, -0.2) is 4.68 Å².